The van der Waals surface area contributed by atoms with Crippen LogP contribution in [-0.4, -0.2) is 35.7 Å². The molecule has 9 heavy (non-hydrogen) atoms. The van der Waals surface area contributed by atoms with Crippen LogP contribution in [0.5, 0.6) is 0 Å². The van der Waals surface area contributed by atoms with Crippen molar-refractivity contribution in [2.45, 2.75) is 13.3 Å². The molecule has 0 unspecified atom stereocenters. The fourth-order valence-corrected chi connectivity index (χ4v) is 0.587. The Morgan fingerprint density at radius 1 is 1.78 bits per heavy atom. The van der Waals surface area contributed by atoms with Gasteiger partial charge in [-0.05, 0) is 0 Å². The molecule has 0 aliphatic carbocycles. The monoisotopic (exact) mass is 143 g/mol. The Morgan fingerprint density at radius 3 is 2.89 bits per heavy atom. The molecule has 0 bridgehead atoms. The molecule has 0 aliphatic heterocycles. The molecule has 0 radical (unpaired) electrons. The number of hydrogen-bond acceptors (Lipinski definition) is 2. The molecule has 4 heteroatoms. The molecule has 3 nitrogen and oxygen atoms in total. The Bertz CT molecular complexity index is 87.0. The van der Waals surface area contributed by atoms with Gasteiger partial charge in [0.15, 0.2) is 0 Å². The number of rotatable bonds is 4. The van der Waals surface area contributed by atoms with Crippen LogP contribution in [0.25, 0.3) is 0 Å². The van der Waals surface area contributed by atoms with E-state index >= 15 is 0 Å². The summed E-state index contributed by atoms with van der Waals surface area (Å²) in [6.07, 6.45) is 0.864. The average molecular weight is 143 g/mol. The van der Waals surface area contributed by atoms with Gasteiger partial charge in [0.05, 0.1) is 0 Å². The van der Waals surface area contributed by atoms with Crippen LogP contribution in [0.2, 0.25) is 0 Å². The van der Waals surface area contributed by atoms with E-state index in [-0.39, 0.29) is 5.91 Å². The standard InChI is InChI=1S/C5H10NO2.Al/c1-5(8)6-3-2-4-7;/h2-4H2,1H3,(H,6,8);/q-1;+3. The van der Waals surface area contributed by atoms with Crippen molar-refractivity contribution in [3.8, 4) is 0 Å². The molecule has 48 valence electrons. The summed E-state index contributed by atoms with van der Waals surface area (Å²) in [4.78, 5) is 10.2. The maximum absolute atomic E-state index is 10.2. The van der Waals surface area contributed by atoms with Crippen molar-refractivity contribution in [1.29, 1.82) is 0 Å². The molecule has 0 aromatic carbocycles. The number of amides is 1. The van der Waals surface area contributed by atoms with Gasteiger partial charge < -0.3 is 0 Å². The van der Waals surface area contributed by atoms with Crippen LogP contribution in [0.15, 0.2) is 0 Å². The van der Waals surface area contributed by atoms with Gasteiger partial charge in [-0.25, -0.2) is 0 Å². The van der Waals surface area contributed by atoms with E-state index < -0.39 is 0 Å². The molecular weight excluding hydrogens is 133 g/mol. The molecule has 0 heterocycles. The predicted octanol–water partition coefficient (Wildman–Crippen LogP) is -0.387. The van der Waals surface area contributed by atoms with Gasteiger partial charge >= 0.3 is 62.9 Å². The van der Waals surface area contributed by atoms with E-state index in [9.17, 15) is 4.79 Å². The van der Waals surface area contributed by atoms with E-state index in [0.29, 0.717) is 13.2 Å². The molecule has 0 saturated carbocycles. The van der Waals surface area contributed by atoms with Crippen LogP contribution >= 0.6 is 0 Å². The maximum atomic E-state index is 10.2. The van der Waals surface area contributed by atoms with Crippen LogP contribution in [0.3, 0.4) is 0 Å². The van der Waals surface area contributed by atoms with Crippen LogP contribution < -0.4 is 5.32 Å². The van der Waals surface area contributed by atoms with E-state index in [2.05, 4.69) is 25.7 Å². The van der Waals surface area contributed by atoms with E-state index in [1.54, 1.807) is 0 Å². The Hall–Kier alpha value is -0.0375. The Labute approximate surface area is 63.5 Å². The van der Waals surface area contributed by atoms with Crippen LogP contribution in [-0.2, 0) is 8.58 Å². The summed E-state index contributed by atoms with van der Waals surface area (Å²) in [7, 11) is 0. The third-order valence-electron chi connectivity index (χ3n) is 0.813. The van der Waals surface area contributed by atoms with E-state index in [1.807, 2.05) is 0 Å². The molecule has 0 aromatic rings. The molecule has 0 aliphatic rings. The van der Waals surface area contributed by atoms with Gasteiger partial charge in [-0.1, -0.05) is 0 Å². The van der Waals surface area contributed by atoms with E-state index in [1.165, 1.54) is 6.92 Å². The van der Waals surface area contributed by atoms with Crippen molar-refractivity contribution in [2.75, 3.05) is 13.2 Å². The van der Waals surface area contributed by atoms with Crippen LogP contribution in [0, 0.1) is 0 Å². The first-order valence-corrected chi connectivity index (χ1v) is 3.30. The van der Waals surface area contributed by atoms with Gasteiger partial charge in [0.2, 0.25) is 0 Å². The van der Waals surface area contributed by atoms with E-state index in [0.717, 1.165) is 6.42 Å². The molecule has 1 amide bonds. The second-order valence-corrected chi connectivity index (χ2v) is 2.04. The molecular formula is C5H10AlNO2+2. The van der Waals surface area contributed by atoms with Crippen molar-refractivity contribution < 1.29 is 8.58 Å². The minimum absolute atomic E-state index is 0.0127. The van der Waals surface area contributed by atoms with Crippen molar-refractivity contribution in [3.63, 3.8) is 0 Å². The number of hydrogen-bond donors (Lipinski definition) is 1. The minimum atomic E-state index is 0.0127. The molecule has 0 rings (SSSR count). The predicted molar refractivity (Wildman–Crippen MR) is 35.0 cm³/mol. The summed E-state index contributed by atoms with van der Waals surface area (Å²) < 4.78 is 4.69. The summed E-state index contributed by atoms with van der Waals surface area (Å²) in [6.45, 7) is 2.87. The Kier molecular flexibility index (Phi) is 6.06. The van der Waals surface area contributed by atoms with Gasteiger partial charge in [0, 0.05) is 0 Å². The summed E-state index contributed by atoms with van der Waals surface area (Å²) in [6, 6.07) is 0. The van der Waals surface area contributed by atoms with Crippen LogP contribution in [0.1, 0.15) is 13.3 Å². The number of carbonyl (C=O) groups is 1. The van der Waals surface area contributed by atoms with Crippen molar-refractivity contribution in [2.24, 2.45) is 0 Å². The molecule has 0 spiro atoms. The normalized spacial score (nSPS) is 9.22. The molecule has 0 saturated heterocycles. The van der Waals surface area contributed by atoms with E-state index in [4.69, 9.17) is 0 Å². The zero-order valence-electron chi connectivity index (χ0n) is 5.52. The molecule has 0 atom stereocenters. The van der Waals surface area contributed by atoms with Gasteiger partial charge in [0.25, 0.3) is 0 Å². The summed E-state index contributed by atoms with van der Waals surface area (Å²) in [5, 5.41) is 2.65. The first-order chi connectivity index (χ1) is 4.27. The van der Waals surface area contributed by atoms with Crippen LogP contribution in [0.4, 0.5) is 0 Å². The quantitative estimate of drug-likeness (QED) is 0.430. The summed E-state index contributed by atoms with van der Waals surface area (Å²) >= 11 is 2.16. The summed E-state index contributed by atoms with van der Waals surface area (Å²) in [5.74, 6) is 0.0127. The van der Waals surface area contributed by atoms with Crippen molar-refractivity contribution >= 4 is 22.5 Å². The zero-order chi connectivity index (χ0) is 7.11. The first kappa shape index (κ1) is 8.96. The van der Waals surface area contributed by atoms with Crippen molar-refractivity contribution in [1.82, 2.24) is 5.32 Å². The third kappa shape index (κ3) is 7.96. The SMILES string of the molecule is CC(=O)NCCC[O][Al+2]. The second-order valence-electron chi connectivity index (χ2n) is 1.71. The topological polar surface area (TPSA) is 38.3 Å². The fraction of sp³-hybridized carbons (Fsp3) is 0.800. The molecule has 1 N–H and O–H groups in total. The molecule has 0 fully saturated rings. The molecule has 0 aromatic heterocycles. The third-order valence-corrected chi connectivity index (χ3v) is 1.05. The van der Waals surface area contributed by atoms with Gasteiger partial charge in [-0.15, -0.1) is 0 Å². The summed E-state index contributed by atoms with van der Waals surface area (Å²) in [5.41, 5.74) is 0. The number of carbonyl (C=O) groups excluding carboxylic acids is 1. The van der Waals surface area contributed by atoms with Crippen molar-refractivity contribution in [3.05, 3.63) is 0 Å². The zero-order valence-corrected chi connectivity index (χ0v) is 6.67. The van der Waals surface area contributed by atoms with Gasteiger partial charge in [0.1, 0.15) is 0 Å². The van der Waals surface area contributed by atoms with Gasteiger partial charge in [-0.2, -0.15) is 0 Å². The Morgan fingerprint density at radius 2 is 2.44 bits per heavy atom. The first-order valence-electron chi connectivity index (χ1n) is 2.83. The fourth-order valence-electron chi connectivity index (χ4n) is 0.420. The van der Waals surface area contributed by atoms with Gasteiger partial charge in [-0.3, -0.25) is 0 Å². The Balaban J connectivity index is 2.83. The average Bonchev–Trinajstić information content (AvgIpc) is 1.80. The second kappa shape index (κ2) is 6.09. The number of nitrogens with one attached hydrogen (secondary N) is 1.